The highest BCUT2D eigenvalue weighted by atomic mass is 16.4. The number of carboxylic acid groups (broad SMARTS) is 1. The second kappa shape index (κ2) is 6.15. The first-order chi connectivity index (χ1) is 9.49. The van der Waals surface area contributed by atoms with E-state index in [0.717, 1.165) is 32.1 Å². The molecule has 1 atom stereocenters. The van der Waals surface area contributed by atoms with Crippen molar-refractivity contribution >= 4 is 11.9 Å². The number of carbonyl (C=O) groups is 1. The van der Waals surface area contributed by atoms with Gasteiger partial charge in [0.25, 0.3) is 0 Å². The van der Waals surface area contributed by atoms with Gasteiger partial charge in [-0.15, -0.1) is 0 Å². The maximum atomic E-state index is 11.0. The van der Waals surface area contributed by atoms with E-state index in [1.165, 1.54) is 0 Å². The van der Waals surface area contributed by atoms with Gasteiger partial charge in [0.1, 0.15) is 5.54 Å². The fourth-order valence-corrected chi connectivity index (χ4v) is 2.12. The standard InChI is InChI=1S/C13H21N5O2/c1-13(14,11(19)20)3-6-17-7-9-18(10-8-17)12-15-4-2-5-16-12/h2,4-5H,3,6-10,14H2,1H3,(H,19,20). The Morgan fingerprint density at radius 2 is 1.95 bits per heavy atom. The fraction of sp³-hybridized carbons (Fsp3) is 0.615. The van der Waals surface area contributed by atoms with Crippen LogP contribution >= 0.6 is 0 Å². The SMILES string of the molecule is CC(N)(CCN1CCN(c2ncccn2)CC1)C(=O)O. The first-order valence-corrected chi connectivity index (χ1v) is 6.75. The molecule has 0 radical (unpaired) electrons. The Balaban J connectivity index is 1.79. The highest BCUT2D eigenvalue weighted by Crippen LogP contribution is 2.12. The number of nitrogens with zero attached hydrogens (tertiary/aromatic N) is 4. The van der Waals surface area contributed by atoms with Gasteiger partial charge in [-0.3, -0.25) is 9.69 Å². The Labute approximate surface area is 118 Å². The van der Waals surface area contributed by atoms with Crippen molar-refractivity contribution in [2.45, 2.75) is 18.9 Å². The molecular weight excluding hydrogens is 258 g/mol. The van der Waals surface area contributed by atoms with Crippen molar-refractivity contribution in [2.24, 2.45) is 5.73 Å². The van der Waals surface area contributed by atoms with Gasteiger partial charge in [-0.1, -0.05) is 0 Å². The molecule has 0 saturated carbocycles. The molecule has 20 heavy (non-hydrogen) atoms. The molecule has 0 amide bonds. The van der Waals surface area contributed by atoms with Gasteiger partial charge < -0.3 is 15.7 Å². The minimum atomic E-state index is -1.15. The molecule has 110 valence electrons. The molecule has 1 unspecified atom stereocenters. The molecule has 1 aromatic rings. The number of hydrogen-bond acceptors (Lipinski definition) is 6. The molecule has 7 heteroatoms. The molecule has 1 aliphatic heterocycles. The Bertz CT molecular complexity index is 443. The zero-order valence-corrected chi connectivity index (χ0v) is 11.7. The lowest BCUT2D eigenvalue weighted by atomic mass is 9.99. The summed E-state index contributed by atoms with van der Waals surface area (Å²) in [6.07, 6.45) is 3.92. The lowest BCUT2D eigenvalue weighted by Gasteiger charge is -2.35. The van der Waals surface area contributed by atoms with E-state index in [0.29, 0.717) is 13.0 Å². The molecule has 2 heterocycles. The van der Waals surface area contributed by atoms with Crippen molar-refractivity contribution in [3.8, 4) is 0 Å². The summed E-state index contributed by atoms with van der Waals surface area (Å²) in [6, 6.07) is 1.80. The van der Waals surface area contributed by atoms with Crippen LogP contribution in [-0.2, 0) is 4.79 Å². The summed E-state index contributed by atoms with van der Waals surface area (Å²) in [7, 11) is 0. The third-order valence-corrected chi connectivity index (χ3v) is 3.64. The molecule has 1 aromatic heterocycles. The van der Waals surface area contributed by atoms with E-state index in [-0.39, 0.29) is 0 Å². The smallest absolute Gasteiger partial charge is 0.323 e. The molecule has 1 fully saturated rings. The van der Waals surface area contributed by atoms with E-state index in [9.17, 15) is 4.79 Å². The van der Waals surface area contributed by atoms with E-state index in [1.54, 1.807) is 25.4 Å². The molecular formula is C13H21N5O2. The van der Waals surface area contributed by atoms with Crippen LogP contribution in [0.5, 0.6) is 0 Å². The van der Waals surface area contributed by atoms with Crippen LogP contribution < -0.4 is 10.6 Å². The summed E-state index contributed by atoms with van der Waals surface area (Å²) in [5.41, 5.74) is 4.59. The fourth-order valence-electron chi connectivity index (χ4n) is 2.12. The molecule has 0 bridgehead atoms. The van der Waals surface area contributed by atoms with Crippen LogP contribution in [-0.4, -0.2) is 64.2 Å². The van der Waals surface area contributed by atoms with Gasteiger partial charge in [-0.25, -0.2) is 9.97 Å². The van der Waals surface area contributed by atoms with Crippen molar-refractivity contribution < 1.29 is 9.90 Å². The van der Waals surface area contributed by atoms with Crippen LogP contribution in [0.4, 0.5) is 5.95 Å². The van der Waals surface area contributed by atoms with E-state index in [2.05, 4.69) is 19.8 Å². The van der Waals surface area contributed by atoms with Gasteiger partial charge in [0.15, 0.2) is 0 Å². The Morgan fingerprint density at radius 3 is 2.50 bits per heavy atom. The van der Waals surface area contributed by atoms with Gasteiger partial charge in [0.2, 0.25) is 5.95 Å². The zero-order valence-electron chi connectivity index (χ0n) is 11.7. The average molecular weight is 279 g/mol. The number of carboxylic acids is 1. The van der Waals surface area contributed by atoms with Crippen LogP contribution in [0, 0.1) is 0 Å². The maximum Gasteiger partial charge on any atom is 0.323 e. The lowest BCUT2D eigenvalue weighted by Crippen LogP contribution is -2.51. The Morgan fingerprint density at radius 1 is 1.35 bits per heavy atom. The summed E-state index contributed by atoms with van der Waals surface area (Å²) in [5.74, 6) is -0.199. The number of rotatable bonds is 5. The summed E-state index contributed by atoms with van der Waals surface area (Å²) in [6.45, 7) is 5.69. The normalized spacial score (nSPS) is 19.6. The zero-order chi connectivity index (χ0) is 14.6. The first-order valence-electron chi connectivity index (χ1n) is 6.75. The second-order valence-corrected chi connectivity index (χ2v) is 5.35. The predicted molar refractivity (Wildman–Crippen MR) is 75.5 cm³/mol. The van der Waals surface area contributed by atoms with E-state index >= 15 is 0 Å². The maximum absolute atomic E-state index is 11.0. The molecule has 7 nitrogen and oxygen atoms in total. The first kappa shape index (κ1) is 14.7. The molecule has 0 aromatic carbocycles. The number of hydrogen-bond donors (Lipinski definition) is 2. The Kier molecular flexibility index (Phi) is 4.51. The van der Waals surface area contributed by atoms with Gasteiger partial charge in [-0.2, -0.15) is 0 Å². The highest BCUT2D eigenvalue weighted by molar-refractivity contribution is 5.77. The highest BCUT2D eigenvalue weighted by Gasteiger charge is 2.29. The monoisotopic (exact) mass is 279 g/mol. The van der Waals surface area contributed by atoms with E-state index in [1.807, 2.05) is 0 Å². The van der Waals surface area contributed by atoms with Crippen LogP contribution in [0.2, 0.25) is 0 Å². The molecule has 0 spiro atoms. The summed E-state index contributed by atoms with van der Waals surface area (Å²) in [4.78, 5) is 23.8. The van der Waals surface area contributed by atoms with Crippen LogP contribution in [0.1, 0.15) is 13.3 Å². The molecule has 1 aliphatic rings. The van der Waals surface area contributed by atoms with Gasteiger partial charge >= 0.3 is 5.97 Å². The molecule has 0 aliphatic carbocycles. The third-order valence-electron chi connectivity index (χ3n) is 3.64. The minimum Gasteiger partial charge on any atom is -0.480 e. The van der Waals surface area contributed by atoms with E-state index in [4.69, 9.17) is 10.8 Å². The summed E-state index contributed by atoms with van der Waals surface area (Å²) >= 11 is 0. The van der Waals surface area contributed by atoms with Crippen molar-refractivity contribution in [3.05, 3.63) is 18.5 Å². The van der Waals surface area contributed by atoms with Crippen molar-refractivity contribution in [1.29, 1.82) is 0 Å². The number of anilines is 1. The van der Waals surface area contributed by atoms with Crippen LogP contribution in [0.25, 0.3) is 0 Å². The molecule has 1 saturated heterocycles. The molecule has 3 N–H and O–H groups in total. The van der Waals surface area contributed by atoms with Gasteiger partial charge in [-0.05, 0) is 19.4 Å². The second-order valence-electron chi connectivity index (χ2n) is 5.35. The van der Waals surface area contributed by atoms with Crippen LogP contribution in [0.3, 0.4) is 0 Å². The van der Waals surface area contributed by atoms with Crippen molar-refractivity contribution in [2.75, 3.05) is 37.6 Å². The number of nitrogens with two attached hydrogens (primary N) is 1. The largest absolute Gasteiger partial charge is 0.480 e. The lowest BCUT2D eigenvalue weighted by molar-refractivity contribution is -0.143. The van der Waals surface area contributed by atoms with Crippen molar-refractivity contribution in [1.82, 2.24) is 14.9 Å². The molecule has 2 rings (SSSR count). The minimum absolute atomic E-state index is 0.449. The van der Waals surface area contributed by atoms with E-state index < -0.39 is 11.5 Å². The summed E-state index contributed by atoms with van der Waals surface area (Å²) < 4.78 is 0. The summed E-state index contributed by atoms with van der Waals surface area (Å²) in [5, 5.41) is 8.99. The average Bonchev–Trinajstić information content (AvgIpc) is 2.46. The number of aromatic nitrogens is 2. The number of piperazine rings is 1. The van der Waals surface area contributed by atoms with Gasteiger partial charge in [0.05, 0.1) is 0 Å². The topological polar surface area (TPSA) is 95.6 Å². The van der Waals surface area contributed by atoms with Gasteiger partial charge in [0, 0.05) is 45.1 Å². The quantitative estimate of drug-likeness (QED) is 0.770. The third kappa shape index (κ3) is 3.64. The van der Waals surface area contributed by atoms with Crippen LogP contribution in [0.15, 0.2) is 18.5 Å². The van der Waals surface area contributed by atoms with Crippen molar-refractivity contribution in [3.63, 3.8) is 0 Å². The number of aliphatic carboxylic acids is 1. The Hall–Kier alpha value is -1.73. The predicted octanol–water partition coefficient (Wildman–Crippen LogP) is -0.209.